The summed E-state index contributed by atoms with van der Waals surface area (Å²) in [6.45, 7) is 7.91. The Morgan fingerprint density at radius 3 is 2.71 bits per heavy atom. The van der Waals surface area contributed by atoms with Gasteiger partial charge in [0.25, 0.3) is 5.91 Å². The minimum Gasteiger partial charge on any atom is -0.342 e. The van der Waals surface area contributed by atoms with Crippen LogP contribution in [0.5, 0.6) is 0 Å². The molecule has 0 aliphatic heterocycles. The molecule has 2 aromatic heterocycles. The summed E-state index contributed by atoms with van der Waals surface area (Å²) in [6.07, 6.45) is 1.71. The number of halogens is 1. The van der Waals surface area contributed by atoms with Crippen molar-refractivity contribution < 1.29 is 9.59 Å². The number of aromatic nitrogens is 4. The van der Waals surface area contributed by atoms with Crippen LogP contribution in [-0.2, 0) is 11.3 Å². The summed E-state index contributed by atoms with van der Waals surface area (Å²) in [5.74, 6) is 0.294. The van der Waals surface area contributed by atoms with Crippen molar-refractivity contribution >= 4 is 51.6 Å². The van der Waals surface area contributed by atoms with E-state index in [9.17, 15) is 9.59 Å². The SMILES string of the molecule is C=CCn1c(SCC(=O)Nc2nc(C)cs2)nnc1[C@H](C)NC(=O)c1ccc(Cl)cc1. The summed E-state index contributed by atoms with van der Waals surface area (Å²) in [6, 6.07) is 6.23. The van der Waals surface area contributed by atoms with E-state index in [1.807, 2.05) is 23.8 Å². The molecular weight excluding hydrogens is 456 g/mol. The van der Waals surface area contributed by atoms with E-state index in [1.54, 1.807) is 30.3 Å². The number of rotatable bonds is 9. The second-order valence-electron chi connectivity index (χ2n) is 6.57. The van der Waals surface area contributed by atoms with E-state index in [2.05, 4.69) is 32.4 Å². The van der Waals surface area contributed by atoms with Crippen LogP contribution < -0.4 is 10.6 Å². The van der Waals surface area contributed by atoms with Gasteiger partial charge in [-0.1, -0.05) is 29.4 Å². The lowest BCUT2D eigenvalue weighted by molar-refractivity contribution is -0.113. The number of carbonyl (C=O) groups excluding carboxylic acids is 2. The zero-order chi connectivity index (χ0) is 22.4. The van der Waals surface area contributed by atoms with Gasteiger partial charge in [0.2, 0.25) is 5.91 Å². The molecular formula is C20H21ClN6O2S2. The number of anilines is 1. The van der Waals surface area contributed by atoms with Crippen LogP contribution in [0, 0.1) is 6.92 Å². The van der Waals surface area contributed by atoms with Crippen LogP contribution in [0.4, 0.5) is 5.13 Å². The van der Waals surface area contributed by atoms with Gasteiger partial charge in [0.15, 0.2) is 16.1 Å². The third kappa shape index (κ3) is 6.16. The molecule has 0 aliphatic carbocycles. The molecule has 3 rings (SSSR count). The van der Waals surface area contributed by atoms with Gasteiger partial charge in [-0.05, 0) is 38.1 Å². The maximum atomic E-state index is 12.5. The average Bonchev–Trinajstić information content (AvgIpc) is 3.33. The van der Waals surface area contributed by atoms with Crippen molar-refractivity contribution in [1.29, 1.82) is 0 Å². The Hall–Kier alpha value is -2.69. The zero-order valence-electron chi connectivity index (χ0n) is 17.0. The fourth-order valence-corrected chi connectivity index (χ4v) is 4.26. The van der Waals surface area contributed by atoms with Gasteiger partial charge in [-0.2, -0.15) is 0 Å². The zero-order valence-corrected chi connectivity index (χ0v) is 19.4. The Morgan fingerprint density at radius 2 is 2.06 bits per heavy atom. The lowest BCUT2D eigenvalue weighted by atomic mass is 10.2. The number of nitrogens with one attached hydrogen (secondary N) is 2. The highest BCUT2D eigenvalue weighted by Crippen LogP contribution is 2.22. The number of amides is 2. The molecule has 0 saturated carbocycles. The molecule has 0 fully saturated rings. The molecule has 2 amide bonds. The number of hydrogen-bond acceptors (Lipinski definition) is 7. The quantitative estimate of drug-likeness (QED) is 0.356. The Morgan fingerprint density at radius 1 is 1.32 bits per heavy atom. The number of carbonyl (C=O) groups is 2. The first-order chi connectivity index (χ1) is 14.9. The summed E-state index contributed by atoms with van der Waals surface area (Å²) in [5, 5.41) is 17.7. The second-order valence-corrected chi connectivity index (χ2v) is 8.81. The molecule has 11 heteroatoms. The second kappa shape index (κ2) is 10.6. The van der Waals surface area contributed by atoms with Crippen molar-refractivity contribution in [2.24, 2.45) is 0 Å². The van der Waals surface area contributed by atoms with E-state index < -0.39 is 6.04 Å². The summed E-state index contributed by atoms with van der Waals surface area (Å²) < 4.78 is 1.82. The van der Waals surface area contributed by atoms with Gasteiger partial charge < -0.3 is 15.2 Å². The van der Waals surface area contributed by atoms with E-state index in [1.165, 1.54) is 23.1 Å². The number of thiazole rings is 1. The van der Waals surface area contributed by atoms with Gasteiger partial charge in [-0.25, -0.2) is 4.98 Å². The van der Waals surface area contributed by atoms with E-state index in [-0.39, 0.29) is 17.6 Å². The lowest BCUT2D eigenvalue weighted by Crippen LogP contribution is -2.28. The van der Waals surface area contributed by atoms with E-state index in [0.717, 1.165) is 5.69 Å². The maximum Gasteiger partial charge on any atom is 0.251 e. The summed E-state index contributed by atoms with van der Waals surface area (Å²) in [7, 11) is 0. The number of allylic oxidation sites excluding steroid dienone is 1. The highest BCUT2D eigenvalue weighted by Gasteiger charge is 2.20. The Bertz CT molecular complexity index is 1080. The van der Waals surface area contributed by atoms with Crippen molar-refractivity contribution in [3.63, 3.8) is 0 Å². The van der Waals surface area contributed by atoms with Crippen LogP contribution in [0.25, 0.3) is 0 Å². The molecule has 31 heavy (non-hydrogen) atoms. The van der Waals surface area contributed by atoms with Crippen molar-refractivity contribution in [1.82, 2.24) is 25.1 Å². The van der Waals surface area contributed by atoms with Crippen molar-refractivity contribution in [3.8, 4) is 0 Å². The number of benzene rings is 1. The smallest absolute Gasteiger partial charge is 0.251 e. The topological polar surface area (TPSA) is 102 Å². The molecule has 0 unspecified atom stereocenters. The third-order valence-corrected chi connectivity index (χ3v) is 6.19. The fourth-order valence-electron chi connectivity index (χ4n) is 2.67. The molecule has 0 bridgehead atoms. The molecule has 162 valence electrons. The molecule has 3 aromatic rings. The van der Waals surface area contributed by atoms with Crippen LogP contribution in [-0.4, -0.2) is 37.3 Å². The number of hydrogen-bond donors (Lipinski definition) is 2. The standard InChI is InChI=1S/C20H21ClN6O2S2/c1-4-9-27-17(13(3)23-18(29)14-5-7-15(21)8-6-14)25-26-20(27)31-11-16(28)24-19-22-12(2)10-30-19/h4-8,10,13H,1,9,11H2,2-3H3,(H,23,29)(H,22,24,28)/t13-/m0/s1. The number of aryl methyl sites for hydroxylation is 1. The summed E-state index contributed by atoms with van der Waals surface area (Å²) in [5.41, 5.74) is 1.35. The molecule has 1 aromatic carbocycles. The average molecular weight is 477 g/mol. The monoisotopic (exact) mass is 476 g/mol. The molecule has 0 radical (unpaired) electrons. The van der Waals surface area contributed by atoms with Crippen LogP contribution in [0.1, 0.15) is 34.8 Å². The van der Waals surface area contributed by atoms with Crippen LogP contribution in [0.3, 0.4) is 0 Å². The minimum absolute atomic E-state index is 0.152. The first kappa shape index (κ1) is 23.0. The first-order valence-electron chi connectivity index (χ1n) is 9.32. The van der Waals surface area contributed by atoms with E-state index in [4.69, 9.17) is 11.6 Å². The molecule has 2 heterocycles. The first-order valence-corrected chi connectivity index (χ1v) is 11.6. The van der Waals surface area contributed by atoms with Crippen molar-refractivity contribution in [3.05, 3.63) is 64.4 Å². The van der Waals surface area contributed by atoms with Gasteiger partial charge in [-0.15, -0.1) is 28.1 Å². The highest BCUT2D eigenvalue weighted by molar-refractivity contribution is 7.99. The molecule has 8 nitrogen and oxygen atoms in total. The van der Waals surface area contributed by atoms with Crippen LogP contribution >= 0.6 is 34.7 Å². The van der Waals surface area contributed by atoms with Gasteiger partial charge >= 0.3 is 0 Å². The molecule has 0 spiro atoms. The lowest BCUT2D eigenvalue weighted by Gasteiger charge is -2.15. The largest absolute Gasteiger partial charge is 0.342 e. The van der Waals surface area contributed by atoms with Crippen LogP contribution in [0.15, 0.2) is 47.5 Å². The Balaban J connectivity index is 1.65. The molecule has 2 N–H and O–H groups in total. The highest BCUT2D eigenvalue weighted by atomic mass is 35.5. The van der Waals surface area contributed by atoms with Crippen molar-refractivity contribution in [2.45, 2.75) is 31.6 Å². The summed E-state index contributed by atoms with van der Waals surface area (Å²) >= 11 is 8.51. The molecule has 0 saturated heterocycles. The van der Waals surface area contributed by atoms with Gasteiger partial charge in [0.05, 0.1) is 17.5 Å². The Kier molecular flexibility index (Phi) is 7.83. The number of thioether (sulfide) groups is 1. The predicted molar refractivity (Wildman–Crippen MR) is 124 cm³/mol. The van der Waals surface area contributed by atoms with Crippen LogP contribution in [0.2, 0.25) is 5.02 Å². The van der Waals surface area contributed by atoms with E-state index in [0.29, 0.717) is 33.2 Å². The third-order valence-electron chi connectivity index (χ3n) is 4.10. The van der Waals surface area contributed by atoms with Gasteiger partial charge in [-0.3, -0.25) is 9.59 Å². The van der Waals surface area contributed by atoms with Gasteiger partial charge in [0, 0.05) is 22.5 Å². The normalized spacial score (nSPS) is 11.7. The summed E-state index contributed by atoms with van der Waals surface area (Å²) in [4.78, 5) is 29.0. The molecule has 1 atom stereocenters. The predicted octanol–water partition coefficient (Wildman–Crippen LogP) is 4.10. The fraction of sp³-hybridized carbons (Fsp3) is 0.250. The molecule has 0 aliphatic rings. The van der Waals surface area contributed by atoms with Gasteiger partial charge in [0.1, 0.15) is 0 Å². The van der Waals surface area contributed by atoms with E-state index >= 15 is 0 Å². The Labute approximate surface area is 193 Å². The maximum absolute atomic E-state index is 12.5. The minimum atomic E-state index is -0.405. The van der Waals surface area contributed by atoms with Crippen molar-refractivity contribution in [2.75, 3.05) is 11.1 Å². The number of nitrogens with zero attached hydrogens (tertiary/aromatic N) is 4.